The van der Waals surface area contributed by atoms with Crippen LogP contribution in [-0.4, -0.2) is 30.6 Å². The molecule has 0 amide bonds. The molecular formula is C13H14NO2Y-. The maximum atomic E-state index is 12.0. The van der Waals surface area contributed by atoms with Crippen LogP contribution in [0.15, 0.2) is 35.9 Å². The van der Waals surface area contributed by atoms with Gasteiger partial charge in [-0.3, -0.25) is 0 Å². The molecule has 0 N–H and O–H groups in total. The van der Waals surface area contributed by atoms with E-state index >= 15 is 0 Å². The van der Waals surface area contributed by atoms with Gasteiger partial charge in [0.15, 0.2) is 0 Å². The zero-order valence-electron chi connectivity index (χ0n) is 10.2. The number of Topliss-reactive ketones (excluding diaryl/α,β-unsaturated/α-hetero) is 2. The van der Waals surface area contributed by atoms with Crippen molar-refractivity contribution in [2.24, 2.45) is 0 Å². The molecule has 0 aliphatic carbocycles. The Balaban J connectivity index is 0.00000256. The summed E-state index contributed by atoms with van der Waals surface area (Å²) in [5.74, 6) is -0.565. The predicted octanol–water partition coefficient (Wildman–Crippen LogP) is 1.70. The first-order chi connectivity index (χ1) is 7.52. The molecule has 0 heterocycles. The molecule has 1 rings (SSSR count). The Hall–Kier alpha value is -0.796. The van der Waals surface area contributed by atoms with E-state index in [0.717, 1.165) is 0 Å². The summed E-state index contributed by atoms with van der Waals surface area (Å²) in [4.78, 5) is 24.9. The summed E-state index contributed by atoms with van der Waals surface area (Å²) in [6, 6.07) is 8.72. The third kappa shape index (κ3) is 4.92. The topological polar surface area (TPSA) is 37.4 Å². The molecule has 0 aromatic heterocycles. The second kappa shape index (κ2) is 7.51. The van der Waals surface area contributed by atoms with Gasteiger partial charge in [-0.15, -0.1) is 0 Å². The number of nitrogens with zero attached hydrogens (tertiary/aromatic N) is 1. The maximum Gasteiger partial charge on any atom is 0.0833 e. The minimum absolute atomic E-state index is 0. The Morgan fingerprint density at radius 1 is 1.12 bits per heavy atom. The van der Waals surface area contributed by atoms with Gasteiger partial charge < -0.3 is 14.5 Å². The number of benzene rings is 1. The molecule has 4 heteroatoms. The summed E-state index contributed by atoms with van der Waals surface area (Å²) in [6.45, 7) is 1.37. The number of rotatable bonds is 4. The molecule has 0 atom stereocenters. The van der Waals surface area contributed by atoms with Crippen LogP contribution in [0.5, 0.6) is 0 Å². The Labute approximate surface area is 127 Å². The smallest absolute Gasteiger partial charge is 0.0833 e. The molecule has 1 radical (unpaired) electrons. The van der Waals surface area contributed by atoms with Crippen molar-refractivity contribution >= 4 is 11.6 Å². The molecule has 0 saturated heterocycles. The number of carbonyl (C=O) groups is 2. The van der Waals surface area contributed by atoms with Crippen molar-refractivity contribution in [1.29, 1.82) is 0 Å². The molecule has 0 fully saturated rings. The van der Waals surface area contributed by atoms with Crippen LogP contribution in [0.2, 0.25) is 0 Å². The third-order valence-corrected chi connectivity index (χ3v) is 1.95. The Kier molecular flexibility index (Phi) is 7.16. The molecule has 0 aliphatic rings. The van der Waals surface area contributed by atoms with E-state index in [1.807, 2.05) is 6.07 Å². The second-order valence-electron chi connectivity index (χ2n) is 3.63. The SMILES string of the molecule is CC(=O)C(=[C-]N(C)C)C(=O)c1ccccc1.[Y]. The van der Waals surface area contributed by atoms with Crippen LogP contribution in [0.25, 0.3) is 0 Å². The van der Waals surface area contributed by atoms with Gasteiger partial charge in [0.25, 0.3) is 0 Å². The normalized spacial score (nSPS) is 10.4. The minimum Gasteiger partial charge on any atom is -0.437 e. The molecule has 0 bridgehead atoms. The van der Waals surface area contributed by atoms with E-state index in [0.29, 0.717) is 5.56 Å². The van der Waals surface area contributed by atoms with Crippen molar-refractivity contribution in [1.82, 2.24) is 4.90 Å². The monoisotopic (exact) mass is 305 g/mol. The van der Waals surface area contributed by atoms with E-state index < -0.39 is 0 Å². The van der Waals surface area contributed by atoms with Gasteiger partial charge in [0.2, 0.25) is 0 Å². The van der Waals surface area contributed by atoms with E-state index in [-0.39, 0.29) is 49.8 Å². The van der Waals surface area contributed by atoms with Crippen LogP contribution in [0.3, 0.4) is 0 Å². The first kappa shape index (κ1) is 16.2. The first-order valence-corrected chi connectivity index (χ1v) is 4.94. The summed E-state index contributed by atoms with van der Waals surface area (Å²) in [7, 11) is 3.45. The van der Waals surface area contributed by atoms with Gasteiger partial charge in [0.1, 0.15) is 0 Å². The minimum atomic E-state index is -0.290. The molecule has 3 nitrogen and oxygen atoms in total. The zero-order valence-corrected chi connectivity index (χ0v) is 13.1. The van der Waals surface area contributed by atoms with Gasteiger partial charge in [-0.1, -0.05) is 42.1 Å². The fourth-order valence-electron chi connectivity index (χ4n) is 1.25. The molecule has 17 heavy (non-hydrogen) atoms. The average Bonchev–Trinajstić information content (AvgIpc) is 2.25. The molecule has 0 saturated carbocycles. The van der Waals surface area contributed by atoms with Crippen LogP contribution < -0.4 is 0 Å². The summed E-state index contributed by atoms with van der Waals surface area (Å²) in [5.41, 5.74) is 0.582. The van der Waals surface area contributed by atoms with Crippen LogP contribution in [-0.2, 0) is 37.5 Å². The molecule has 0 unspecified atom stereocenters. The molecule has 0 spiro atoms. The van der Waals surface area contributed by atoms with E-state index in [1.54, 1.807) is 43.3 Å². The van der Waals surface area contributed by atoms with Crippen molar-refractivity contribution in [2.45, 2.75) is 6.92 Å². The van der Waals surface area contributed by atoms with Crippen LogP contribution in [0.1, 0.15) is 17.3 Å². The standard InChI is InChI=1S/C13H14NO2.Y/c1-10(15)12(9-14(2)3)13(16)11-7-5-4-6-8-11;/h4-8H,1-3H3;/q-1;. The average molecular weight is 305 g/mol. The summed E-state index contributed by atoms with van der Waals surface area (Å²) in [6.07, 6.45) is 2.73. The molecule has 0 aliphatic heterocycles. The van der Waals surface area contributed by atoms with Crippen molar-refractivity contribution in [3.8, 4) is 0 Å². The fraction of sp³-hybridized carbons (Fsp3) is 0.231. The summed E-state index contributed by atoms with van der Waals surface area (Å²) >= 11 is 0. The zero-order chi connectivity index (χ0) is 12.1. The molecule has 1 aromatic carbocycles. The summed E-state index contributed by atoms with van der Waals surface area (Å²) < 4.78 is 0. The molecule has 87 valence electrons. The van der Waals surface area contributed by atoms with Crippen molar-refractivity contribution in [2.75, 3.05) is 14.1 Å². The van der Waals surface area contributed by atoms with Gasteiger partial charge in [0, 0.05) is 32.7 Å². The summed E-state index contributed by atoms with van der Waals surface area (Å²) in [5, 5.41) is 0. The fourth-order valence-corrected chi connectivity index (χ4v) is 1.25. The number of ketones is 2. The third-order valence-electron chi connectivity index (χ3n) is 1.95. The van der Waals surface area contributed by atoms with Gasteiger partial charge in [-0.25, -0.2) is 0 Å². The van der Waals surface area contributed by atoms with Crippen molar-refractivity contribution in [3.63, 3.8) is 0 Å². The van der Waals surface area contributed by atoms with Crippen LogP contribution in [0.4, 0.5) is 0 Å². The Bertz CT molecular complexity index is 424. The van der Waals surface area contributed by atoms with Gasteiger partial charge in [-0.05, 0) is 26.6 Å². The van der Waals surface area contributed by atoms with Crippen molar-refractivity contribution < 1.29 is 42.3 Å². The number of hydrogen-bond acceptors (Lipinski definition) is 3. The molecule has 1 aromatic rings. The van der Waals surface area contributed by atoms with E-state index in [4.69, 9.17) is 0 Å². The largest absolute Gasteiger partial charge is 0.437 e. The Morgan fingerprint density at radius 2 is 1.65 bits per heavy atom. The number of hydrogen-bond donors (Lipinski definition) is 0. The number of allylic oxidation sites excluding steroid dienone is 1. The van der Waals surface area contributed by atoms with Gasteiger partial charge >= 0.3 is 0 Å². The second-order valence-corrected chi connectivity index (χ2v) is 3.63. The van der Waals surface area contributed by atoms with Gasteiger partial charge in [-0.2, -0.15) is 0 Å². The maximum absolute atomic E-state index is 12.0. The predicted molar refractivity (Wildman–Crippen MR) is 61.9 cm³/mol. The van der Waals surface area contributed by atoms with Crippen LogP contribution in [0, 0.1) is 6.20 Å². The van der Waals surface area contributed by atoms with E-state index in [9.17, 15) is 9.59 Å². The Morgan fingerprint density at radius 3 is 2.06 bits per heavy atom. The first-order valence-electron chi connectivity index (χ1n) is 4.94. The molecular weight excluding hydrogens is 291 g/mol. The van der Waals surface area contributed by atoms with Crippen LogP contribution >= 0.6 is 0 Å². The van der Waals surface area contributed by atoms with Crippen molar-refractivity contribution in [3.05, 3.63) is 47.7 Å². The van der Waals surface area contributed by atoms with Gasteiger partial charge in [0.05, 0.1) is 11.6 Å². The number of carbonyl (C=O) groups excluding carboxylic acids is 2. The van der Waals surface area contributed by atoms with E-state index in [1.165, 1.54) is 6.92 Å². The van der Waals surface area contributed by atoms with E-state index in [2.05, 4.69) is 6.20 Å². The quantitative estimate of drug-likeness (QED) is 0.212.